The molecule has 3 heteroatoms. The van der Waals surface area contributed by atoms with Gasteiger partial charge in [-0.1, -0.05) is 36.4 Å². The second-order valence-electron chi connectivity index (χ2n) is 7.06. The third kappa shape index (κ3) is 2.65. The molecule has 2 aromatic carbocycles. The quantitative estimate of drug-likeness (QED) is 0.762. The number of nitrogens with one attached hydrogen (secondary N) is 1. The van der Waals surface area contributed by atoms with E-state index in [1.807, 2.05) is 0 Å². The molecule has 1 fully saturated rings. The van der Waals surface area contributed by atoms with E-state index in [4.69, 9.17) is 4.74 Å². The maximum Gasteiger partial charge on any atom is 0.127 e. The lowest BCUT2D eigenvalue weighted by Gasteiger charge is -2.17. The number of nitrogens with zero attached hydrogens (tertiary/aromatic N) is 1. The summed E-state index contributed by atoms with van der Waals surface area (Å²) in [6.07, 6.45) is 7.75. The predicted molar refractivity (Wildman–Crippen MR) is 102 cm³/mol. The molecule has 0 bridgehead atoms. The molecule has 25 heavy (non-hydrogen) atoms. The Morgan fingerprint density at radius 3 is 2.96 bits per heavy atom. The van der Waals surface area contributed by atoms with Gasteiger partial charge in [0.25, 0.3) is 0 Å². The maximum absolute atomic E-state index is 5.81. The highest BCUT2D eigenvalue weighted by Crippen LogP contribution is 2.39. The van der Waals surface area contributed by atoms with E-state index in [0.29, 0.717) is 12.5 Å². The van der Waals surface area contributed by atoms with Gasteiger partial charge < -0.3 is 9.72 Å². The average Bonchev–Trinajstić information content (AvgIpc) is 3.29. The van der Waals surface area contributed by atoms with Crippen molar-refractivity contribution in [2.45, 2.75) is 18.9 Å². The Kier molecular flexibility index (Phi) is 3.60. The fraction of sp³-hybridized carbons (Fsp3) is 0.273. The first-order valence-corrected chi connectivity index (χ1v) is 9.08. The van der Waals surface area contributed by atoms with Crippen molar-refractivity contribution < 1.29 is 4.74 Å². The Morgan fingerprint density at radius 1 is 1.12 bits per heavy atom. The summed E-state index contributed by atoms with van der Waals surface area (Å²) in [5.41, 5.74) is 5.29. The third-order valence-corrected chi connectivity index (χ3v) is 5.46. The standard InChI is InChI=1S/C22H22N2O/c1-2-5-16(6-3-1)14-24-11-10-17(15-24)19-13-23-20-8-9-21-18(22(19)20)7-4-12-25-21/h1-9,13,17,23H,10-12,14-15H2. The van der Waals surface area contributed by atoms with E-state index in [9.17, 15) is 0 Å². The highest BCUT2D eigenvalue weighted by atomic mass is 16.5. The number of rotatable bonds is 3. The Hall–Kier alpha value is -2.52. The molecule has 0 radical (unpaired) electrons. The SMILES string of the molecule is C1=Cc2c(ccc3[nH]cc(C4CCN(Cc5ccccc5)C4)c23)OC1. The van der Waals surface area contributed by atoms with E-state index in [0.717, 1.165) is 25.4 Å². The normalized spacial score (nSPS) is 19.9. The third-order valence-electron chi connectivity index (χ3n) is 5.46. The first-order valence-electron chi connectivity index (χ1n) is 9.08. The molecule has 3 heterocycles. The summed E-state index contributed by atoms with van der Waals surface area (Å²) >= 11 is 0. The summed E-state index contributed by atoms with van der Waals surface area (Å²) in [5.74, 6) is 1.59. The van der Waals surface area contributed by atoms with Crippen LogP contribution in [0.25, 0.3) is 17.0 Å². The molecular formula is C22H22N2O. The molecular weight excluding hydrogens is 308 g/mol. The van der Waals surface area contributed by atoms with Crippen LogP contribution in [0.2, 0.25) is 0 Å². The molecule has 1 unspecified atom stereocenters. The average molecular weight is 330 g/mol. The zero-order chi connectivity index (χ0) is 16.6. The Morgan fingerprint density at radius 2 is 2.04 bits per heavy atom. The van der Waals surface area contributed by atoms with E-state index in [-0.39, 0.29) is 0 Å². The summed E-state index contributed by atoms with van der Waals surface area (Å²) in [7, 11) is 0. The minimum Gasteiger partial charge on any atom is -0.489 e. The van der Waals surface area contributed by atoms with Crippen molar-refractivity contribution in [3.63, 3.8) is 0 Å². The van der Waals surface area contributed by atoms with Crippen LogP contribution in [0.4, 0.5) is 0 Å². The van der Waals surface area contributed by atoms with Crippen molar-refractivity contribution in [3.05, 3.63) is 71.4 Å². The van der Waals surface area contributed by atoms with E-state index >= 15 is 0 Å². The number of H-pyrrole nitrogens is 1. The molecule has 3 nitrogen and oxygen atoms in total. The van der Waals surface area contributed by atoms with Gasteiger partial charge in [0.05, 0.1) is 0 Å². The van der Waals surface area contributed by atoms with E-state index < -0.39 is 0 Å². The molecule has 126 valence electrons. The molecule has 0 saturated carbocycles. The van der Waals surface area contributed by atoms with Crippen LogP contribution in [0.3, 0.4) is 0 Å². The smallest absolute Gasteiger partial charge is 0.127 e. The molecule has 2 aliphatic heterocycles. The van der Waals surface area contributed by atoms with Crippen molar-refractivity contribution in [2.24, 2.45) is 0 Å². The van der Waals surface area contributed by atoms with Crippen LogP contribution >= 0.6 is 0 Å². The predicted octanol–water partition coefficient (Wildman–Crippen LogP) is 4.56. The van der Waals surface area contributed by atoms with Gasteiger partial charge in [0, 0.05) is 35.8 Å². The Bertz CT molecular complexity index is 926. The van der Waals surface area contributed by atoms with Gasteiger partial charge in [-0.15, -0.1) is 0 Å². The Balaban J connectivity index is 1.44. The number of ether oxygens (including phenoxy) is 1. The van der Waals surface area contributed by atoms with Crippen LogP contribution in [-0.2, 0) is 6.54 Å². The van der Waals surface area contributed by atoms with Gasteiger partial charge in [-0.05, 0) is 48.2 Å². The van der Waals surface area contributed by atoms with Crippen LogP contribution < -0.4 is 4.74 Å². The van der Waals surface area contributed by atoms with E-state index in [1.54, 1.807) is 0 Å². The minimum atomic E-state index is 0.583. The molecule has 1 atom stereocenters. The van der Waals surface area contributed by atoms with Crippen LogP contribution in [0, 0.1) is 0 Å². The second kappa shape index (κ2) is 6.08. The van der Waals surface area contributed by atoms with Gasteiger partial charge in [0.2, 0.25) is 0 Å². The molecule has 5 rings (SSSR count). The van der Waals surface area contributed by atoms with Gasteiger partial charge in [-0.2, -0.15) is 0 Å². The molecule has 1 aromatic heterocycles. The molecule has 3 aromatic rings. The van der Waals surface area contributed by atoms with Gasteiger partial charge in [-0.3, -0.25) is 4.90 Å². The summed E-state index contributed by atoms with van der Waals surface area (Å²) < 4.78 is 5.81. The number of fused-ring (bicyclic) bond motifs is 3. The summed E-state index contributed by atoms with van der Waals surface area (Å²) in [5, 5.41) is 1.35. The van der Waals surface area contributed by atoms with Crippen LogP contribution in [-0.4, -0.2) is 29.6 Å². The number of hydrogen-bond acceptors (Lipinski definition) is 2. The van der Waals surface area contributed by atoms with Gasteiger partial charge in [0.15, 0.2) is 0 Å². The Labute approximate surface area is 147 Å². The largest absolute Gasteiger partial charge is 0.489 e. The van der Waals surface area contributed by atoms with Crippen LogP contribution in [0.1, 0.15) is 29.0 Å². The van der Waals surface area contributed by atoms with E-state index in [1.165, 1.54) is 34.0 Å². The fourth-order valence-electron chi connectivity index (χ4n) is 4.25. The van der Waals surface area contributed by atoms with Gasteiger partial charge in [-0.25, -0.2) is 0 Å². The monoisotopic (exact) mass is 330 g/mol. The molecule has 0 aliphatic carbocycles. The first-order chi connectivity index (χ1) is 12.4. The summed E-state index contributed by atoms with van der Waals surface area (Å²) in [6, 6.07) is 15.0. The molecule has 0 amide bonds. The minimum absolute atomic E-state index is 0.583. The molecule has 2 aliphatic rings. The molecule has 0 spiro atoms. The highest BCUT2D eigenvalue weighted by Gasteiger charge is 2.27. The van der Waals surface area contributed by atoms with Crippen molar-refractivity contribution >= 4 is 17.0 Å². The lowest BCUT2D eigenvalue weighted by molar-refractivity contribution is 0.327. The van der Waals surface area contributed by atoms with E-state index in [2.05, 4.69) is 70.7 Å². The van der Waals surface area contributed by atoms with Crippen LogP contribution in [0.15, 0.2) is 54.7 Å². The topological polar surface area (TPSA) is 28.3 Å². The lowest BCUT2D eigenvalue weighted by Crippen LogP contribution is -2.19. The fourth-order valence-corrected chi connectivity index (χ4v) is 4.25. The van der Waals surface area contributed by atoms with Gasteiger partial charge >= 0.3 is 0 Å². The molecule has 1 saturated heterocycles. The summed E-state index contributed by atoms with van der Waals surface area (Å²) in [4.78, 5) is 6.04. The lowest BCUT2D eigenvalue weighted by atomic mass is 9.94. The highest BCUT2D eigenvalue weighted by molar-refractivity contribution is 5.95. The first kappa shape index (κ1) is 14.8. The van der Waals surface area contributed by atoms with Crippen molar-refractivity contribution in [1.82, 2.24) is 9.88 Å². The van der Waals surface area contributed by atoms with Crippen LogP contribution in [0.5, 0.6) is 5.75 Å². The number of aromatic nitrogens is 1. The second-order valence-corrected chi connectivity index (χ2v) is 7.06. The van der Waals surface area contributed by atoms with Crippen molar-refractivity contribution in [1.29, 1.82) is 0 Å². The zero-order valence-electron chi connectivity index (χ0n) is 14.2. The molecule has 1 N–H and O–H groups in total. The van der Waals surface area contributed by atoms with Crippen molar-refractivity contribution in [2.75, 3.05) is 19.7 Å². The van der Waals surface area contributed by atoms with Gasteiger partial charge in [0.1, 0.15) is 12.4 Å². The summed E-state index contributed by atoms with van der Waals surface area (Å²) in [6.45, 7) is 4.00. The number of hydrogen-bond donors (Lipinski definition) is 1. The number of aromatic amines is 1. The zero-order valence-corrected chi connectivity index (χ0v) is 14.2. The maximum atomic E-state index is 5.81. The van der Waals surface area contributed by atoms with Crippen molar-refractivity contribution in [3.8, 4) is 5.75 Å². The number of benzene rings is 2. The number of likely N-dealkylation sites (tertiary alicyclic amines) is 1.